The van der Waals surface area contributed by atoms with E-state index in [1.807, 2.05) is 18.2 Å². The number of hydrogen-bond donors (Lipinski definition) is 2. The number of benzene rings is 1. The Kier molecular flexibility index (Phi) is 6.00. The zero-order valence-electron chi connectivity index (χ0n) is 14.7. The first-order valence-corrected chi connectivity index (χ1v) is 8.99. The van der Waals surface area contributed by atoms with Gasteiger partial charge in [-0.1, -0.05) is 25.0 Å². The zero-order valence-corrected chi connectivity index (χ0v) is 14.7. The summed E-state index contributed by atoms with van der Waals surface area (Å²) in [6, 6.07) is 9.48. The van der Waals surface area contributed by atoms with Gasteiger partial charge in [0.2, 0.25) is 0 Å². The second-order valence-corrected chi connectivity index (χ2v) is 6.71. The van der Waals surface area contributed by atoms with E-state index in [4.69, 9.17) is 9.15 Å². The number of phenolic OH excluding ortho intramolecular Hbond substituents is 1. The first kappa shape index (κ1) is 17.8. The number of furan rings is 1. The topological polar surface area (TPSA) is 66.1 Å². The number of aromatic hydroxyl groups is 1. The Bertz CT molecular complexity index is 656. The number of rotatable bonds is 6. The Morgan fingerprint density at radius 3 is 2.88 bits per heavy atom. The number of nitrogens with zero attached hydrogens (tertiary/aromatic N) is 1. The van der Waals surface area contributed by atoms with Crippen LogP contribution >= 0.6 is 0 Å². The molecule has 136 valence electrons. The molecular formula is C20H27NO4. The summed E-state index contributed by atoms with van der Waals surface area (Å²) in [4.78, 5) is 2.37. The molecule has 1 aromatic carbocycles. The van der Waals surface area contributed by atoms with Crippen LogP contribution < -0.4 is 4.74 Å². The Balaban J connectivity index is 1.74. The third kappa shape index (κ3) is 4.35. The van der Waals surface area contributed by atoms with Crippen molar-refractivity contribution in [1.82, 2.24) is 4.90 Å². The Hall–Kier alpha value is -1.98. The first-order valence-electron chi connectivity index (χ1n) is 8.99. The first-order chi connectivity index (χ1) is 12.2. The fourth-order valence-corrected chi connectivity index (χ4v) is 3.65. The molecule has 0 saturated carbocycles. The quantitative estimate of drug-likeness (QED) is 0.832. The van der Waals surface area contributed by atoms with Crippen LogP contribution in [0.1, 0.15) is 49.5 Å². The van der Waals surface area contributed by atoms with Crippen molar-refractivity contribution in [1.29, 1.82) is 0 Å². The van der Waals surface area contributed by atoms with Crippen molar-refractivity contribution in [2.24, 2.45) is 0 Å². The van der Waals surface area contributed by atoms with Gasteiger partial charge in [0.1, 0.15) is 11.9 Å². The van der Waals surface area contributed by atoms with Gasteiger partial charge in [0.15, 0.2) is 11.5 Å². The molecule has 5 nitrogen and oxygen atoms in total. The largest absolute Gasteiger partial charge is 0.504 e. The smallest absolute Gasteiger partial charge is 0.162 e. The highest BCUT2D eigenvalue weighted by molar-refractivity contribution is 5.45. The van der Waals surface area contributed by atoms with Crippen molar-refractivity contribution in [3.63, 3.8) is 0 Å². The van der Waals surface area contributed by atoms with Gasteiger partial charge in [-0.25, -0.2) is 0 Å². The van der Waals surface area contributed by atoms with Crippen LogP contribution in [-0.2, 0) is 6.54 Å². The molecule has 1 aromatic heterocycles. The molecule has 0 radical (unpaired) electrons. The van der Waals surface area contributed by atoms with Gasteiger partial charge < -0.3 is 19.4 Å². The maximum Gasteiger partial charge on any atom is 0.162 e. The predicted octanol–water partition coefficient (Wildman–Crippen LogP) is 3.86. The number of ether oxygens (including phenoxy) is 1. The monoisotopic (exact) mass is 345 g/mol. The number of likely N-dealkylation sites (tertiary alicyclic amines) is 1. The zero-order chi connectivity index (χ0) is 17.6. The van der Waals surface area contributed by atoms with Crippen molar-refractivity contribution in [2.45, 2.75) is 50.8 Å². The van der Waals surface area contributed by atoms with Crippen molar-refractivity contribution in [3.05, 3.63) is 47.9 Å². The van der Waals surface area contributed by atoms with E-state index in [1.165, 1.54) is 6.42 Å². The average molecular weight is 345 g/mol. The molecule has 0 amide bonds. The highest BCUT2D eigenvalue weighted by atomic mass is 16.5. The summed E-state index contributed by atoms with van der Waals surface area (Å²) >= 11 is 0. The fraction of sp³-hybridized carbons (Fsp3) is 0.500. The van der Waals surface area contributed by atoms with Gasteiger partial charge in [-0.3, -0.25) is 4.90 Å². The lowest BCUT2D eigenvalue weighted by Gasteiger charge is -2.31. The van der Waals surface area contributed by atoms with Gasteiger partial charge in [0.05, 0.1) is 13.4 Å². The molecule has 0 aliphatic carbocycles. The second-order valence-electron chi connectivity index (χ2n) is 6.71. The summed E-state index contributed by atoms with van der Waals surface area (Å²) in [6.45, 7) is 1.62. The lowest BCUT2D eigenvalue weighted by atomic mass is 10.0. The number of aliphatic hydroxyl groups is 1. The van der Waals surface area contributed by atoms with E-state index in [2.05, 4.69) is 4.90 Å². The highest BCUT2D eigenvalue weighted by Crippen LogP contribution is 2.33. The molecule has 1 aliphatic rings. The Morgan fingerprint density at radius 2 is 2.12 bits per heavy atom. The van der Waals surface area contributed by atoms with Crippen LogP contribution in [0.4, 0.5) is 0 Å². The minimum Gasteiger partial charge on any atom is -0.504 e. The van der Waals surface area contributed by atoms with E-state index < -0.39 is 6.10 Å². The summed E-state index contributed by atoms with van der Waals surface area (Å²) in [7, 11) is 1.56. The Morgan fingerprint density at radius 1 is 1.24 bits per heavy atom. The SMILES string of the molecule is COc1cccc(CN2CCCCCC2CC(O)c2ccco2)c1O. The molecule has 2 aromatic rings. The molecule has 5 heteroatoms. The van der Waals surface area contributed by atoms with Crippen LogP contribution in [0.15, 0.2) is 41.0 Å². The van der Waals surface area contributed by atoms with Crippen LogP contribution in [0, 0.1) is 0 Å². The molecule has 1 saturated heterocycles. The molecule has 0 spiro atoms. The minimum absolute atomic E-state index is 0.208. The van der Waals surface area contributed by atoms with Gasteiger partial charge in [-0.2, -0.15) is 0 Å². The molecule has 0 bridgehead atoms. The molecule has 2 atom stereocenters. The molecular weight excluding hydrogens is 318 g/mol. The van der Waals surface area contributed by atoms with E-state index in [9.17, 15) is 10.2 Å². The van der Waals surface area contributed by atoms with Crippen LogP contribution in [0.5, 0.6) is 11.5 Å². The van der Waals surface area contributed by atoms with Gasteiger partial charge in [0.25, 0.3) is 0 Å². The third-order valence-electron chi connectivity index (χ3n) is 5.04. The van der Waals surface area contributed by atoms with E-state index >= 15 is 0 Å². The number of hydrogen-bond acceptors (Lipinski definition) is 5. The van der Waals surface area contributed by atoms with Crippen molar-refractivity contribution < 1.29 is 19.4 Å². The van der Waals surface area contributed by atoms with Gasteiger partial charge >= 0.3 is 0 Å². The molecule has 2 N–H and O–H groups in total. The maximum absolute atomic E-state index is 10.5. The van der Waals surface area contributed by atoms with E-state index in [0.29, 0.717) is 24.5 Å². The second kappa shape index (κ2) is 8.41. The van der Waals surface area contributed by atoms with Gasteiger partial charge in [-0.05, 0) is 44.0 Å². The van der Waals surface area contributed by atoms with Crippen LogP contribution in [-0.4, -0.2) is 34.8 Å². The van der Waals surface area contributed by atoms with E-state index in [-0.39, 0.29) is 11.8 Å². The lowest BCUT2D eigenvalue weighted by molar-refractivity contribution is 0.0826. The summed E-state index contributed by atoms with van der Waals surface area (Å²) in [5, 5.41) is 20.9. The molecule has 3 rings (SSSR count). The van der Waals surface area contributed by atoms with Crippen molar-refractivity contribution in [3.8, 4) is 11.5 Å². The lowest BCUT2D eigenvalue weighted by Crippen LogP contribution is -2.35. The highest BCUT2D eigenvalue weighted by Gasteiger charge is 2.26. The van der Waals surface area contributed by atoms with Crippen LogP contribution in [0.25, 0.3) is 0 Å². The third-order valence-corrected chi connectivity index (χ3v) is 5.04. The van der Waals surface area contributed by atoms with Gasteiger partial charge in [0, 0.05) is 18.2 Å². The summed E-state index contributed by atoms with van der Waals surface area (Å²) in [5.74, 6) is 1.33. The predicted molar refractivity (Wildman–Crippen MR) is 95.6 cm³/mol. The molecule has 1 fully saturated rings. The fourth-order valence-electron chi connectivity index (χ4n) is 3.65. The number of phenols is 1. The maximum atomic E-state index is 10.5. The summed E-state index contributed by atoms with van der Waals surface area (Å²) in [6.07, 6.45) is 6.18. The number of para-hydroxylation sites is 1. The average Bonchev–Trinajstić information content (AvgIpc) is 3.07. The normalized spacial score (nSPS) is 20.2. The molecule has 2 heterocycles. The Labute approximate surface area is 148 Å². The number of aliphatic hydroxyl groups excluding tert-OH is 1. The van der Waals surface area contributed by atoms with E-state index in [0.717, 1.165) is 31.4 Å². The van der Waals surface area contributed by atoms with Crippen molar-refractivity contribution in [2.75, 3.05) is 13.7 Å². The van der Waals surface area contributed by atoms with Gasteiger partial charge in [-0.15, -0.1) is 0 Å². The van der Waals surface area contributed by atoms with Crippen LogP contribution in [0.2, 0.25) is 0 Å². The summed E-state index contributed by atoms with van der Waals surface area (Å²) < 4.78 is 10.6. The van der Waals surface area contributed by atoms with Crippen LogP contribution in [0.3, 0.4) is 0 Å². The number of methoxy groups -OCH3 is 1. The molecule has 1 aliphatic heterocycles. The van der Waals surface area contributed by atoms with E-state index in [1.54, 1.807) is 25.5 Å². The standard InChI is InChI=1S/C20H27NO4/c1-24-19-9-5-7-15(20(19)23)14-21-11-4-2-3-8-16(21)13-17(22)18-10-6-12-25-18/h5-7,9-10,12,16-17,22-23H,2-4,8,11,13-14H2,1H3. The molecule has 25 heavy (non-hydrogen) atoms. The molecule has 2 unspecified atom stereocenters. The van der Waals surface area contributed by atoms with Crippen molar-refractivity contribution >= 4 is 0 Å². The summed E-state index contributed by atoms with van der Waals surface area (Å²) in [5.41, 5.74) is 0.860. The minimum atomic E-state index is -0.598.